The van der Waals surface area contributed by atoms with Gasteiger partial charge < -0.3 is 35.4 Å². The van der Waals surface area contributed by atoms with E-state index in [-0.39, 0.29) is 17.4 Å². The molecule has 13 heteroatoms. The van der Waals surface area contributed by atoms with Crippen molar-refractivity contribution >= 4 is 41.1 Å². The fourth-order valence-corrected chi connectivity index (χ4v) is 5.54. The van der Waals surface area contributed by atoms with Crippen molar-refractivity contribution in [1.29, 1.82) is 0 Å². The van der Waals surface area contributed by atoms with Gasteiger partial charge in [0, 0.05) is 54.3 Å². The molecule has 0 radical (unpaired) electrons. The lowest BCUT2D eigenvalue weighted by molar-refractivity contribution is -0.152. The van der Waals surface area contributed by atoms with Gasteiger partial charge in [0.1, 0.15) is 0 Å². The van der Waals surface area contributed by atoms with Gasteiger partial charge >= 0.3 is 11.9 Å². The standard InChI is InChI=1S/C29H30F2N4O2.C4H6O5/c1-4-34(5-2)14-15-35-13-12-23-25(29(35)37)17(3)24(32-23)16-20-26-18(8-7-11-22(26)33-28(20)36)19-9-6-10-21(30)27(19)31;5-2(4(8)9)1-3(6)7/h6-11,16,32H,4-5,12-15H2,1-3H3,(H,33,36);2,5H,1H2,(H,6,7)(H,8,9). The number of aliphatic hydroxyl groups excluding tert-OH is 1. The number of fused-ring (bicyclic) bond motifs is 2. The third-order valence-corrected chi connectivity index (χ3v) is 8.09. The normalized spacial score (nSPS) is 15.3. The number of amides is 2. The third-order valence-electron chi connectivity index (χ3n) is 8.09. The van der Waals surface area contributed by atoms with Crippen molar-refractivity contribution in [3.8, 4) is 11.1 Å². The first kappa shape index (κ1) is 34.0. The fourth-order valence-electron chi connectivity index (χ4n) is 5.54. The summed E-state index contributed by atoms with van der Waals surface area (Å²) in [5.74, 6) is -5.10. The molecule has 0 saturated heterocycles. The van der Waals surface area contributed by atoms with Crippen molar-refractivity contribution in [2.24, 2.45) is 0 Å². The van der Waals surface area contributed by atoms with Crippen LogP contribution in [-0.2, 0) is 20.8 Å². The van der Waals surface area contributed by atoms with Crippen molar-refractivity contribution in [2.45, 2.75) is 39.7 Å². The quantitative estimate of drug-likeness (QED) is 0.208. The highest BCUT2D eigenvalue weighted by atomic mass is 19.2. The van der Waals surface area contributed by atoms with Gasteiger partial charge in [-0.05, 0) is 49.3 Å². The number of carboxylic acid groups (broad SMARTS) is 2. The maximum absolute atomic E-state index is 14.7. The molecule has 2 aliphatic heterocycles. The number of rotatable bonds is 10. The van der Waals surface area contributed by atoms with Crippen LogP contribution in [0, 0.1) is 18.6 Å². The number of carbonyl (C=O) groups is 4. The van der Waals surface area contributed by atoms with E-state index in [2.05, 4.69) is 29.0 Å². The van der Waals surface area contributed by atoms with Crippen LogP contribution in [0.3, 0.4) is 0 Å². The lowest BCUT2D eigenvalue weighted by Crippen LogP contribution is -2.42. The van der Waals surface area contributed by atoms with Gasteiger partial charge in [0.25, 0.3) is 11.8 Å². The Morgan fingerprint density at radius 3 is 2.35 bits per heavy atom. The zero-order valence-corrected chi connectivity index (χ0v) is 25.7. The van der Waals surface area contributed by atoms with Gasteiger partial charge in [0.2, 0.25) is 0 Å². The van der Waals surface area contributed by atoms with E-state index >= 15 is 0 Å². The summed E-state index contributed by atoms with van der Waals surface area (Å²) in [6, 6.07) is 9.12. The monoisotopic (exact) mass is 638 g/mol. The Labute approximate surface area is 264 Å². The van der Waals surface area contributed by atoms with Crippen molar-refractivity contribution in [3.63, 3.8) is 0 Å². The maximum Gasteiger partial charge on any atom is 0.333 e. The summed E-state index contributed by atoms with van der Waals surface area (Å²) >= 11 is 0. The van der Waals surface area contributed by atoms with Crippen LogP contribution < -0.4 is 5.32 Å². The van der Waals surface area contributed by atoms with Crippen molar-refractivity contribution in [1.82, 2.24) is 14.8 Å². The van der Waals surface area contributed by atoms with Crippen LogP contribution >= 0.6 is 0 Å². The molecular weight excluding hydrogens is 602 g/mol. The summed E-state index contributed by atoms with van der Waals surface area (Å²) < 4.78 is 28.7. The second-order valence-electron chi connectivity index (χ2n) is 10.9. The second kappa shape index (κ2) is 14.5. The molecule has 1 aromatic heterocycles. The van der Waals surface area contributed by atoms with E-state index in [1.807, 2.05) is 11.8 Å². The lowest BCUT2D eigenvalue weighted by atomic mass is 9.93. The number of aliphatic hydroxyl groups is 1. The van der Waals surface area contributed by atoms with E-state index < -0.39 is 36.1 Å². The Morgan fingerprint density at radius 2 is 1.72 bits per heavy atom. The van der Waals surface area contributed by atoms with Crippen LogP contribution in [0.5, 0.6) is 0 Å². The third kappa shape index (κ3) is 7.16. The number of carboxylic acids is 2. The van der Waals surface area contributed by atoms with E-state index in [1.165, 1.54) is 12.1 Å². The number of nitrogens with zero attached hydrogens (tertiary/aromatic N) is 2. The molecular formula is C33H36F2N4O7. The lowest BCUT2D eigenvalue weighted by Gasteiger charge is -2.29. The summed E-state index contributed by atoms with van der Waals surface area (Å²) in [6.45, 7) is 10.1. The van der Waals surface area contributed by atoms with Gasteiger partial charge in [0.05, 0.1) is 17.6 Å². The molecule has 2 amide bonds. The van der Waals surface area contributed by atoms with E-state index in [0.29, 0.717) is 53.2 Å². The first-order valence-electron chi connectivity index (χ1n) is 14.8. The molecule has 3 aromatic rings. The van der Waals surface area contributed by atoms with E-state index in [9.17, 15) is 28.0 Å². The maximum atomic E-state index is 14.7. The van der Waals surface area contributed by atoms with Crippen LogP contribution in [0.1, 0.15) is 53.1 Å². The van der Waals surface area contributed by atoms with Gasteiger partial charge in [-0.25, -0.2) is 13.6 Å². The topological polar surface area (TPSA) is 163 Å². The molecule has 0 spiro atoms. The number of aromatic nitrogens is 1. The molecule has 0 saturated carbocycles. The highest BCUT2D eigenvalue weighted by Gasteiger charge is 2.32. The molecule has 3 heterocycles. The Morgan fingerprint density at radius 1 is 1.04 bits per heavy atom. The zero-order chi connectivity index (χ0) is 33.7. The van der Waals surface area contributed by atoms with Crippen LogP contribution in [-0.4, -0.2) is 92.7 Å². The van der Waals surface area contributed by atoms with Crippen LogP contribution in [0.25, 0.3) is 22.8 Å². The summed E-state index contributed by atoms with van der Waals surface area (Å²) in [6.07, 6.45) is -0.132. The van der Waals surface area contributed by atoms with E-state index in [4.69, 9.17) is 15.3 Å². The molecule has 0 aliphatic carbocycles. The van der Waals surface area contributed by atoms with Gasteiger partial charge in [-0.15, -0.1) is 0 Å². The number of aliphatic carboxylic acids is 2. The Hall–Kier alpha value is -4.88. The molecule has 2 aromatic carbocycles. The van der Waals surface area contributed by atoms with Crippen LogP contribution in [0.4, 0.5) is 14.5 Å². The SMILES string of the molecule is CCN(CC)CCN1CCc2[nH]c(C=C3C(=O)Nc4cccc(-c5cccc(F)c5F)c43)c(C)c2C1=O.O=C(O)CC(O)C(=O)O. The van der Waals surface area contributed by atoms with E-state index in [1.54, 1.807) is 24.3 Å². The van der Waals surface area contributed by atoms with Gasteiger partial charge in [-0.1, -0.05) is 38.1 Å². The van der Waals surface area contributed by atoms with Gasteiger partial charge in [0.15, 0.2) is 17.7 Å². The van der Waals surface area contributed by atoms with Crippen molar-refractivity contribution in [3.05, 3.63) is 76.1 Å². The molecule has 46 heavy (non-hydrogen) atoms. The molecule has 0 bridgehead atoms. The number of anilines is 1. The first-order chi connectivity index (χ1) is 21.9. The first-order valence-corrected chi connectivity index (χ1v) is 14.8. The number of nitrogens with one attached hydrogen (secondary N) is 2. The smallest absolute Gasteiger partial charge is 0.333 e. The van der Waals surface area contributed by atoms with Crippen molar-refractivity contribution < 1.29 is 43.3 Å². The van der Waals surface area contributed by atoms with E-state index in [0.717, 1.165) is 37.0 Å². The minimum atomic E-state index is -1.79. The number of halogens is 2. The van der Waals surface area contributed by atoms with Crippen LogP contribution in [0.2, 0.25) is 0 Å². The van der Waals surface area contributed by atoms with Gasteiger partial charge in [-0.2, -0.15) is 0 Å². The average molecular weight is 639 g/mol. The zero-order valence-electron chi connectivity index (χ0n) is 25.7. The number of aromatic amines is 1. The number of benzene rings is 2. The average Bonchev–Trinajstić information content (AvgIpc) is 3.51. The molecule has 2 aliphatic rings. The Kier molecular flexibility index (Phi) is 10.7. The van der Waals surface area contributed by atoms with Gasteiger partial charge in [-0.3, -0.25) is 14.4 Å². The molecule has 0 fully saturated rings. The second-order valence-corrected chi connectivity index (χ2v) is 10.9. The molecule has 244 valence electrons. The highest BCUT2D eigenvalue weighted by molar-refractivity contribution is 6.36. The largest absolute Gasteiger partial charge is 0.481 e. The molecule has 1 unspecified atom stereocenters. The number of likely N-dealkylation sites (N-methyl/N-ethyl adjacent to an activating group) is 1. The number of hydrogen-bond acceptors (Lipinski definition) is 6. The highest BCUT2D eigenvalue weighted by Crippen LogP contribution is 2.42. The molecule has 1 atom stereocenters. The summed E-state index contributed by atoms with van der Waals surface area (Å²) in [5.41, 5.74) is 4.83. The summed E-state index contributed by atoms with van der Waals surface area (Å²) in [5, 5.41) is 27.0. The predicted octanol–water partition coefficient (Wildman–Crippen LogP) is 4.01. The molecule has 5 N–H and O–H groups in total. The molecule has 11 nitrogen and oxygen atoms in total. The predicted molar refractivity (Wildman–Crippen MR) is 167 cm³/mol. The Bertz CT molecular complexity index is 1700. The number of hydrogen-bond donors (Lipinski definition) is 5. The number of carbonyl (C=O) groups excluding carboxylic acids is 2. The minimum Gasteiger partial charge on any atom is -0.481 e. The van der Waals surface area contributed by atoms with Crippen molar-refractivity contribution in [2.75, 3.05) is 38.0 Å². The summed E-state index contributed by atoms with van der Waals surface area (Å²) in [7, 11) is 0. The summed E-state index contributed by atoms with van der Waals surface area (Å²) in [4.78, 5) is 53.3. The van der Waals surface area contributed by atoms with Crippen LogP contribution in [0.15, 0.2) is 36.4 Å². The number of H-pyrrole nitrogens is 1. The Balaban J connectivity index is 0.000000468. The fraction of sp³-hybridized carbons (Fsp3) is 0.333. The molecule has 5 rings (SSSR count). The minimum absolute atomic E-state index is 0.00870.